The van der Waals surface area contributed by atoms with E-state index in [9.17, 15) is 25.5 Å². The largest absolute Gasteiger partial charge is 0.394 e. The molecule has 0 bridgehead atoms. The zero-order valence-electron chi connectivity index (χ0n) is 19.6. The maximum atomic E-state index is 10.8. The van der Waals surface area contributed by atoms with Crippen LogP contribution in [0, 0.1) is 0 Å². The SMILES string of the molecule is CCCCCCCCCOC(C(O)CO)C(O)C(O)(CO)CCCCCCCCC. The summed E-state index contributed by atoms with van der Waals surface area (Å²) in [6.45, 7) is 3.52. The van der Waals surface area contributed by atoms with Crippen LogP contribution in [0.25, 0.3) is 0 Å². The maximum Gasteiger partial charge on any atom is 0.116 e. The number of ether oxygens (including phenoxy) is 1. The molecule has 6 heteroatoms. The average molecular weight is 435 g/mol. The van der Waals surface area contributed by atoms with Crippen molar-refractivity contribution < 1.29 is 30.3 Å². The van der Waals surface area contributed by atoms with Gasteiger partial charge < -0.3 is 30.3 Å². The fraction of sp³-hybridized carbons (Fsp3) is 1.00. The minimum atomic E-state index is -1.75. The van der Waals surface area contributed by atoms with Crippen molar-refractivity contribution in [2.75, 3.05) is 19.8 Å². The van der Waals surface area contributed by atoms with E-state index in [4.69, 9.17) is 4.74 Å². The summed E-state index contributed by atoms with van der Waals surface area (Å²) >= 11 is 0. The van der Waals surface area contributed by atoms with E-state index in [1.807, 2.05) is 0 Å². The first-order valence-electron chi connectivity index (χ1n) is 12.4. The molecule has 0 aliphatic rings. The fourth-order valence-electron chi connectivity index (χ4n) is 3.81. The predicted octanol–water partition coefficient (Wildman–Crippen LogP) is 3.70. The molecular weight excluding hydrogens is 384 g/mol. The molecule has 0 aromatic carbocycles. The van der Waals surface area contributed by atoms with Gasteiger partial charge in [-0.25, -0.2) is 0 Å². The van der Waals surface area contributed by atoms with Gasteiger partial charge in [-0.2, -0.15) is 0 Å². The molecule has 0 aromatic heterocycles. The Kier molecular flexibility index (Phi) is 19.3. The Bertz CT molecular complexity index is 368. The first-order chi connectivity index (χ1) is 14.5. The van der Waals surface area contributed by atoms with Crippen molar-refractivity contribution in [2.45, 2.75) is 134 Å². The molecule has 0 amide bonds. The number of hydrogen-bond donors (Lipinski definition) is 5. The number of aliphatic hydroxyl groups excluding tert-OH is 4. The summed E-state index contributed by atoms with van der Waals surface area (Å²) in [5.41, 5.74) is -1.75. The standard InChI is InChI=1S/C24H50O6/c1-3-5-7-9-11-13-15-17-24(29,20-26)23(28)22(21(27)19-25)30-18-16-14-12-10-8-6-4-2/h21-23,25-29H,3-20H2,1-2H3. The second kappa shape index (κ2) is 19.4. The Morgan fingerprint density at radius 3 is 1.63 bits per heavy atom. The van der Waals surface area contributed by atoms with Crippen molar-refractivity contribution in [2.24, 2.45) is 0 Å². The molecule has 0 saturated carbocycles. The van der Waals surface area contributed by atoms with Gasteiger partial charge in [0.05, 0.1) is 13.2 Å². The zero-order valence-corrected chi connectivity index (χ0v) is 19.6. The van der Waals surface area contributed by atoms with E-state index in [0.29, 0.717) is 13.0 Å². The molecule has 4 unspecified atom stereocenters. The fourth-order valence-corrected chi connectivity index (χ4v) is 3.81. The van der Waals surface area contributed by atoms with Gasteiger partial charge in [-0.1, -0.05) is 97.3 Å². The minimum Gasteiger partial charge on any atom is -0.394 e. The number of aliphatic hydroxyl groups is 5. The summed E-state index contributed by atoms with van der Waals surface area (Å²) in [6.07, 6.45) is 11.6. The molecule has 0 rings (SSSR count). The molecule has 0 spiro atoms. The third-order valence-electron chi connectivity index (χ3n) is 5.97. The lowest BCUT2D eigenvalue weighted by molar-refractivity contribution is -0.191. The van der Waals surface area contributed by atoms with Gasteiger partial charge in [-0.15, -0.1) is 0 Å². The van der Waals surface area contributed by atoms with Crippen LogP contribution in [0.1, 0.15) is 110 Å². The van der Waals surface area contributed by atoms with E-state index in [0.717, 1.165) is 38.5 Å². The molecule has 0 heterocycles. The van der Waals surface area contributed by atoms with E-state index in [-0.39, 0.29) is 6.42 Å². The Morgan fingerprint density at radius 2 is 1.17 bits per heavy atom. The second-order valence-electron chi connectivity index (χ2n) is 8.78. The summed E-state index contributed by atoms with van der Waals surface area (Å²) in [5.74, 6) is 0. The lowest BCUT2D eigenvalue weighted by atomic mass is 9.86. The second-order valence-corrected chi connectivity index (χ2v) is 8.78. The zero-order chi connectivity index (χ0) is 22.7. The molecule has 182 valence electrons. The molecule has 0 aliphatic heterocycles. The van der Waals surface area contributed by atoms with Gasteiger partial charge in [0.1, 0.15) is 23.9 Å². The molecule has 4 atom stereocenters. The van der Waals surface area contributed by atoms with Gasteiger partial charge in [-0.3, -0.25) is 0 Å². The first-order valence-corrected chi connectivity index (χ1v) is 12.4. The van der Waals surface area contributed by atoms with Crippen LogP contribution in [-0.4, -0.2) is 69.3 Å². The van der Waals surface area contributed by atoms with Gasteiger partial charge in [0.15, 0.2) is 0 Å². The highest BCUT2D eigenvalue weighted by Crippen LogP contribution is 2.25. The summed E-state index contributed by atoms with van der Waals surface area (Å²) in [5, 5.41) is 50.7. The minimum absolute atomic E-state index is 0.230. The number of unbranched alkanes of at least 4 members (excludes halogenated alkanes) is 12. The van der Waals surface area contributed by atoms with Crippen LogP contribution < -0.4 is 0 Å². The van der Waals surface area contributed by atoms with Crippen molar-refractivity contribution >= 4 is 0 Å². The van der Waals surface area contributed by atoms with E-state index in [2.05, 4.69) is 13.8 Å². The molecule has 0 radical (unpaired) electrons. The summed E-state index contributed by atoms with van der Waals surface area (Å²) in [4.78, 5) is 0. The van der Waals surface area contributed by atoms with Gasteiger partial charge in [0, 0.05) is 6.61 Å². The van der Waals surface area contributed by atoms with Crippen molar-refractivity contribution in [3.8, 4) is 0 Å². The first kappa shape index (κ1) is 29.8. The van der Waals surface area contributed by atoms with E-state index >= 15 is 0 Å². The Labute approximate surface area is 184 Å². The monoisotopic (exact) mass is 434 g/mol. The van der Waals surface area contributed by atoms with Gasteiger partial charge >= 0.3 is 0 Å². The van der Waals surface area contributed by atoms with Crippen LogP contribution in [-0.2, 0) is 4.74 Å². The van der Waals surface area contributed by atoms with Crippen LogP contribution in [0.2, 0.25) is 0 Å². The lowest BCUT2D eigenvalue weighted by Gasteiger charge is -2.37. The van der Waals surface area contributed by atoms with Crippen molar-refractivity contribution in [3.05, 3.63) is 0 Å². The van der Waals surface area contributed by atoms with Crippen LogP contribution >= 0.6 is 0 Å². The van der Waals surface area contributed by atoms with Crippen LogP contribution in [0.3, 0.4) is 0 Å². The predicted molar refractivity (Wildman–Crippen MR) is 121 cm³/mol. The molecule has 6 nitrogen and oxygen atoms in total. The van der Waals surface area contributed by atoms with Gasteiger partial charge in [0.25, 0.3) is 0 Å². The van der Waals surface area contributed by atoms with Crippen molar-refractivity contribution in [3.63, 3.8) is 0 Å². The Balaban J connectivity index is 4.44. The van der Waals surface area contributed by atoms with Crippen LogP contribution in [0.5, 0.6) is 0 Å². The molecule has 0 saturated heterocycles. The lowest BCUT2D eigenvalue weighted by Crippen LogP contribution is -2.56. The molecule has 0 fully saturated rings. The molecule has 0 aromatic rings. The normalized spacial score (nSPS) is 16.9. The van der Waals surface area contributed by atoms with Gasteiger partial charge in [-0.05, 0) is 12.8 Å². The molecule has 5 N–H and O–H groups in total. The molecule has 0 aliphatic carbocycles. The Morgan fingerprint density at radius 1 is 0.700 bits per heavy atom. The van der Waals surface area contributed by atoms with Crippen LogP contribution in [0.15, 0.2) is 0 Å². The third kappa shape index (κ3) is 13.2. The van der Waals surface area contributed by atoms with Crippen molar-refractivity contribution in [1.29, 1.82) is 0 Å². The highest BCUT2D eigenvalue weighted by atomic mass is 16.5. The third-order valence-corrected chi connectivity index (χ3v) is 5.97. The van der Waals surface area contributed by atoms with E-state index in [1.54, 1.807) is 0 Å². The smallest absolute Gasteiger partial charge is 0.116 e. The van der Waals surface area contributed by atoms with E-state index < -0.39 is 37.1 Å². The quantitative estimate of drug-likeness (QED) is 0.166. The Hall–Kier alpha value is -0.240. The molecular formula is C24H50O6. The topological polar surface area (TPSA) is 110 Å². The number of rotatable bonds is 22. The van der Waals surface area contributed by atoms with Crippen molar-refractivity contribution in [1.82, 2.24) is 0 Å². The number of hydrogen-bond acceptors (Lipinski definition) is 6. The van der Waals surface area contributed by atoms with E-state index in [1.165, 1.54) is 44.9 Å². The maximum absolute atomic E-state index is 10.8. The average Bonchev–Trinajstić information content (AvgIpc) is 2.76. The van der Waals surface area contributed by atoms with Crippen LogP contribution in [0.4, 0.5) is 0 Å². The highest BCUT2D eigenvalue weighted by Gasteiger charge is 2.42. The molecule has 30 heavy (non-hydrogen) atoms. The highest BCUT2D eigenvalue weighted by molar-refractivity contribution is 4.93. The summed E-state index contributed by atoms with van der Waals surface area (Å²) in [6, 6.07) is 0. The summed E-state index contributed by atoms with van der Waals surface area (Å²) in [7, 11) is 0. The van der Waals surface area contributed by atoms with Gasteiger partial charge in [0.2, 0.25) is 0 Å². The summed E-state index contributed by atoms with van der Waals surface area (Å²) < 4.78 is 5.67.